The second kappa shape index (κ2) is 12.4. The molecule has 0 saturated heterocycles. The fourth-order valence-electron chi connectivity index (χ4n) is 4.29. The first-order valence-electron chi connectivity index (χ1n) is 13.0. The number of phenols is 1. The minimum absolute atomic E-state index is 0.159. The van der Waals surface area contributed by atoms with Crippen molar-refractivity contribution in [3.63, 3.8) is 0 Å². The van der Waals surface area contributed by atoms with Crippen LogP contribution in [-0.4, -0.2) is 30.8 Å². The predicted molar refractivity (Wildman–Crippen MR) is 152 cm³/mol. The Morgan fingerprint density at radius 3 is 2.45 bits per heavy atom. The van der Waals surface area contributed by atoms with E-state index in [4.69, 9.17) is 5.73 Å². The summed E-state index contributed by atoms with van der Waals surface area (Å²) in [4.78, 5) is 14.8. The molecular weight excluding hydrogens is 517 g/mol. The lowest BCUT2D eigenvalue weighted by atomic mass is 9.97. The van der Waals surface area contributed by atoms with Crippen LogP contribution in [0.3, 0.4) is 0 Å². The summed E-state index contributed by atoms with van der Waals surface area (Å²) >= 11 is 0. The zero-order valence-corrected chi connectivity index (χ0v) is 22.2. The largest absolute Gasteiger partial charge is 0.508 e. The number of nitrogens with one attached hydrogen (secondary N) is 2. The van der Waals surface area contributed by atoms with E-state index in [1.165, 1.54) is 24.8 Å². The van der Waals surface area contributed by atoms with E-state index in [0.717, 1.165) is 29.3 Å². The first-order valence-corrected chi connectivity index (χ1v) is 13.0. The zero-order chi connectivity index (χ0) is 28.9. The number of allylic oxidation sites excluding steroid dienone is 2. The topological polar surface area (TPSA) is 90.6 Å². The molecule has 0 heterocycles. The molecule has 1 aliphatic carbocycles. The molecule has 9 heteroatoms. The highest BCUT2D eigenvalue weighted by Crippen LogP contribution is 2.32. The van der Waals surface area contributed by atoms with Crippen molar-refractivity contribution in [1.29, 1.82) is 0 Å². The van der Waals surface area contributed by atoms with Gasteiger partial charge in [-0.05, 0) is 84.5 Å². The minimum atomic E-state index is -4.70. The quantitative estimate of drug-likeness (QED) is 0.173. The maximum atomic E-state index is 13.5. The molecule has 1 aliphatic rings. The van der Waals surface area contributed by atoms with E-state index in [1.807, 2.05) is 18.2 Å². The van der Waals surface area contributed by atoms with Crippen LogP contribution < -0.4 is 21.3 Å². The monoisotopic (exact) mass is 550 g/mol. The van der Waals surface area contributed by atoms with Crippen LogP contribution >= 0.6 is 0 Å². The molecule has 1 fully saturated rings. The Hall–Kier alpha value is -4.08. The number of anilines is 2. The Labute approximate surface area is 232 Å². The Kier molecular flexibility index (Phi) is 8.96. The van der Waals surface area contributed by atoms with Crippen LogP contribution in [0.4, 0.5) is 24.5 Å². The molecule has 210 valence electrons. The van der Waals surface area contributed by atoms with Gasteiger partial charge in [0.2, 0.25) is 0 Å². The van der Waals surface area contributed by atoms with E-state index >= 15 is 0 Å². The van der Waals surface area contributed by atoms with Gasteiger partial charge in [0.15, 0.2) is 0 Å². The van der Waals surface area contributed by atoms with Crippen molar-refractivity contribution in [2.24, 2.45) is 11.7 Å². The molecule has 0 aliphatic heterocycles. The van der Waals surface area contributed by atoms with Crippen molar-refractivity contribution in [3.8, 4) is 5.75 Å². The van der Waals surface area contributed by atoms with Crippen LogP contribution in [0.2, 0.25) is 0 Å². The second-order valence-electron chi connectivity index (χ2n) is 9.94. The van der Waals surface area contributed by atoms with Crippen LogP contribution in [0, 0.1) is 5.92 Å². The number of amides is 1. The van der Waals surface area contributed by atoms with Crippen molar-refractivity contribution in [1.82, 2.24) is 5.32 Å². The Morgan fingerprint density at radius 1 is 1.10 bits per heavy atom. The summed E-state index contributed by atoms with van der Waals surface area (Å²) in [7, 11) is 1.52. The fraction of sp³-hybridized carbons (Fsp3) is 0.258. The SMILES string of the molecule is C=C(/C=C(/C(=O)Nc1cccc(C(NCC2CC2)c2ccc(O)cc2)c1)N(C)c1cccc(CN)c1)C(F)(F)F. The zero-order valence-electron chi connectivity index (χ0n) is 22.2. The number of carbonyl (C=O) groups excluding carboxylic acids is 1. The molecule has 1 saturated carbocycles. The number of nitrogens with two attached hydrogens (primary N) is 1. The van der Waals surface area contributed by atoms with Crippen molar-refractivity contribution < 1.29 is 23.1 Å². The number of rotatable bonds is 11. The van der Waals surface area contributed by atoms with E-state index in [1.54, 1.807) is 54.6 Å². The van der Waals surface area contributed by atoms with Gasteiger partial charge in [-0.15, -0.1) is 0 Å². The van der Waals surface area contributed by atoms with Gasteiger partial charge in [-0.1, -0.05) is 43.0 Å². The van der Waals surface area contributed by atoms with E-state index in [-0.39, 0.29) is 24.0 Å². The second-order valence-corrected chi connectivity index (χ2v) is 9.94. The predicted octanol–water partition coefficient (Wildman–Crippen LogP) is 6.02. The van der Waals surface area contributed by atoms with Gasteiger partial charge in [-0.3, -0.25) is 4.79 Å². The third-order valence-electron chi connectivity index (χ3n) is 6.81. The van der Waals surface area contributed by atoms with E-state index in [0.29, 0.717) is 17.3 Å². The van der Waals surface area contributed by atoms with Gasteiger partial charge in [-0.25, -0.2) is 0 Å². The standard InChI is InChI=1S/C31H33F3N4O2/c1-20(31(32,33)34)15-28(38(2)26-8-3-5-22(16-26)18-35)30(40)37-25-7-4-6-24(17-25)29(36-19-21-9-10-21)23-11-13-27(39)14-12-23/h3-8,11-17,21,29,36,39H,1,9-10,18-19,35H2,2H3,(H,37,40)/b28-15-. The number of benzene rings is 3. The molecule has 3 aromatic carbocycles. The van der Waals surface area contributed by atoms with Crippen LogP contribution in [0.25, 0.3) is 0 Å². The molecule has 3 aromatic rings. The summed E-state index contributed by atoms with van der Waals surface area (Å²) in [6, 6.07) is 20.8. The highest BCUT2D eigenvalue weighted by Gasteiger charge is 2.32. The Balaban J connectivity index is 1.63. The van der Waals surface area contributed by atoms with Crippen LogP contribution in [0.5, 0.6) is 5.75 Å². The molecule has 0 aromatic heterocycles. The number of nitrogens with zero attached hydrogens (tertiary/aromatic N) is 1. The van der Waals surface area contributed by atoms with Gasteiger partial charge in [0.05, 0.1) is 11.6 Å². The number of alkyl halides is 3. The molecule has 0 radical (unpaired) electrons. The smallest absolute Gasteiger partial charge is 0.415 e. The normalized spacial score (nSPS) is 14.5. The van der Waals surface area contributed by atoms with Crippen molar-refractivity contribution >= 4 is 17.3 Å². The average molecular weight is 551 g/mol. The number of carbonyl (C=O) groups is 1. The van der Waals surface area contributed by atoms with Gasteiger partial charge in [0.25, 0.3) is 5.91 Å². The Bertz CT molecular complexity index is 1380. The number of halogens is 3. The minimum Gasteiger partial charge on any atom is -0.508 e. The molecular formula is C31H33F3N4O2. The number of hydrogen-bond acceptors (Lipinski definition) is 5. The van der Waals surface area contributed by atoms with E-state index < -0.39 is 17.7 Å². The van der Waals surface area contributed by atoms with E-state index in [9.17, 15) is 23.1 Å². The molecule has 1 unspecified atom stereocenters. The lowest BCUT2D eigenvalue weighted by Gasteiger charge is -2.24. The third kappa shape index (κ3) is 7.52. The van der Waals surface area contributed by atoms with Crippen molar-refractivity contribution in [2.45, 2.75) is 31.6 Å². The third-order valence-corrected chi connectivity index (χ3v) is 6.81. The summed E-state index contributed by atoms with van der Waals surface area (Å²) < 4.78 is 40.2. The summed E-state index contributed by atoms with van der Waals surface area (Å²) in [6.07, 6.45) is -1.61. The van der Waals surface area contributed by atoms with Gasteiger partial charge < -0.3 is 26.4 Å². The molecule has 5 N–H and O–H groups in total. The van der Waals surface area contributed by atoms with Crippen LogP contribution in [0.15, 0.2) is 96.7 Å². The van der Waals surface area contributed by atoms with Crippen molar-refractivity contribution in [3.05, 3.63) is 113 Å². The average Bonchev–Trinajstić information content (AvgIpc) is 3.76. The molecule has 4 rings (SSSR count). The molecule has 0 bridgehead atoms. The summed E-state index contributed by atoms with van der Waals surface area (Å²) in [5, 5.41) is 16.1. The van der Waals surface area contributed by atoms with Crippen LogP contribution in [0.1, 0.15) is 35.6 Å². The molecule has 1 amide bonds. The Morgan fingerprint density at radius 2 is 1.80 bits per heavy atom. The first-order chi connectivity index (χ1) is 19.0. The molecule has 6 nitrogen and oxygen atoms in total. The maximum Gasteiger partial charge on any atom is 0.415 e. The highest BCUT2D eigenvalue weighted by atomic mass is 19.4. The molecule has 1 atom stereocenters. The summed E-state index contributed by atoms with van der Waals surface area (Å²) in [5.41, 5.74) is 7.84. The van der Waals surface area contributed by atoms with Gasteiger partial charge in [-0.2, -0.15) is 13.2 Å². The number of phenolic OH excluding ortho intramolecular Hbond substituents is 1. The van der Waals surface area contributed by atoms with Gasteiger partial charge in [0.1, 0.15) is 11.4 Å². The summed E-state index contributed by atoms with van der Waals surface area (Å²) in [6.45, 7) is 4.19. The summed E-state index contributed by atoms with van der Waals surface area (Å²) in [5.74, 6) is 0.0483. The number of hydrogen-bond donors (Lipinski definition) is 4. The maximum absolute atomic E-state index is 13.5. The number of aromatic hydroxyl groups is 1. The first kappa shape index (κ1) is 28.9. The van der Waals surface area contributed by atoms with Crippen molar-refractivity contribution in [2.75, 3.05) is 23.8 Å². The lowest BCUT2D eigenvalue weighted by Crippen LogP contribution is -2.29. The van der Waals surface area contributed by atoms with E-state index in [2.05, 4.69) is 17.2 Å². The lowest BCUT2D eigenvalue weighted by molar-refractivity contribution is -0.112. The van der Waals surface area contributed by atoms with Gasteiger partial charge >= 0.3 is 6.18 Å². The van der Waals surface area contributed by atoms with Crippen LogP contribution in [-0.2, 0) is 11.3 Å². The highest BCUT2D eigenvalue weighted by molar-refractivity contribution is 6.06. The fourth-order valence-corrected chi connectivity index (χ4v) is 4.29. The number of likely N-dealkylation sites (N-methyl/N-ethyl adjacent to an activating group) is 1. The molecule has 0 spiro atoms. The molecule has 40 heavy (non-hydrogen) atoms. The van der Waals surface area contributed by atoms with Gasteiger partial charge in [0, 0.05) is 25.0 Å².